The summed E-state index contributed by atoms with van der Waals surface area (Å²) >= 11 is 1.45. The molecular formula is C16H16O3S. The van der Waals surface area contributed by atoms with E-state index in [4.69, 9.17) is 5.11 Å². The fraction of sp³-hybridized carbons (Fsp3) is 0.188. The maximum absolute atomic E-state index is 11.1. The quantitative estimate of drug-likeness (QED) is 0.827. The molecule has 1 unspecified atom stereocenters. The first kappa shape index (κ1) is 14.6. The number of carbonyl (C=O) groups is 1. The molecule has 3 nitrogen and oxygen atoms in total. The Morgan fingerprint density at radius 2 is 1.90 bits per heavy atom. The fourth-order valence-corrected chi connectivity index (χ4v) is 2.78. The lowest BCUT2D eigenvalue weighted by Gasteiger charge is -2.11. The highest BCUT2D eigenvalue weighted by atomic mass is 32.2. The summed E-state index contributed by atoms with van der Waals surface area (Å²) in [5.41, 5.74) is 1.92. The molecule has 0 aliphatic rings. The zero-order valence-corrected chi connectivity index (χ0v) is 11.9. The third kappa shape index (κ3) is 3.62. The Labute approximate surface area is 122 Å². The number of rotatable bonds is 5. The summed E-state index contributed by atoms with van der Waals surface area (Å²) in [6.45, 7) is 1.77. The molecule has 0 saturated carbocycles. The minimum absolute atomic E-state index is 0.309. The lowest BCUT2D eigenvalue weighted by Crippen LogP contribution is -2.02. The van der Waals surface area contributed by atoms with E-state index in [-0.39, 0.29) is 0 Å². The van der Waals surface area contributed by atoms with E-state index >= 15 is 0 Å². The van der Waals surface area contributed by atoms with E-state index in [2.05, 4.69) is 0 Å². The highest BCUT2D eigenvalue weighted by molar-refractivity contribution is 7.99. The Morgan fingerprint density at radius 1 is 1.20 bits per heavy atom. The lowest BCUT2D eigenvalue weighted by molar-refractivity contribution is 0.0696. The molecule has 1 atom stereocenters. The van der Waals surface area contributed by atoms with E-state index in [0.717, 1.165) is 16.0 Å². The predicted octanol–water partition coefficient (Wildman–Crippen LogP) is 3.52. The summed E-state index contributed by atoms with van der Waals surface area (Å²) in [5, 5.41) is 19.2. The molecule has 0 aliphatic heterocycles. The van der Waals surface area contributed by atoms with Crippen molar-refractivity contribution in [2.45, 2.75) is 17.9 Å². The second-order valence-electron chi connectivity index (χ2n) is 4.52. The van der Waals surface area contributed by atoms with Crippen molar-refractivity contribution in [1.29, 1.82) is 0 Å². The average molecular weight is 288 g/mol. The van der Waals surface area contributed by atoms with Crippen molar-refractivity contribution in [1.82, 2.24) is 0 Å². The van der Waals surface area contributed by atoms with Crippen LogP contribution >= 0.6 is 11.8 Å². The molecule has 2 aromatic rings. The Bertz CT molecular complexity index is 596. The zero-order chi connectivity index (χ0) is 14.5. The topological polar surface area (TPSA) is 57.5 Å². The van der Waals surface area contributed by atoms with Crippen LogP contribution in [0.5, 0.6) is 0 Å². The van der Waals surface area contributed by atoms with Gasteiger partial charge < -0.3 is 10.2 Å². The molecule has 0 spiro atoms. The molecular weight excluding hydrogens is 272 g/mol. The number of carboxylic acid groups (broad SMARTS) is 1. The smallest absolute Gasteiger partial charge is 0.335 e. The summed E-state index contributed by atoms with van der Waals surface area (Å²) in [7, 11) is 0. The van der Waals surface area contributed by atoms with Crippen LogP contribution in [0.15, 0.2) is 53.4 Å². The van der Waals surface area contributed by atoms with Crippen molar-refractivity contribution in [3.63, 3.8) is 0 Å². The normalized spacial score (nSPS) is 12.1. The minimum Gasteiger partial charge on any atom is -0.478 e. The molecule has 0 fully saturated rings. The highest BCUT2D eigenvalue weighted by Crippen LogP contribution is 2.26. The van der Waals surface area contributed by atoms with Crippen molar-refractivity contribution in [3.8, 4) is 0 Å². The molecule has 2 aromatic carbocycles. The largest absolute Gasteiger partial charge is 0.478 e. The van der Waals surface area contributed by atoms with Crippen LogP contribution in [0, 0.1) is 6.92 Å². The summed E-state index contributed by atoms with van der Waals surface area (Å²) in [4.78, 5) is 11.9. The van der Waals surface area contributed by atoms with Gasteiger partial charge in [0, 0.05) is 10.6 Å². The van der Waals surface area contributed by atoms with Gasteiger partial charge in [0.05, 0.1) is 11.7 Å². The molecule has 2 rings (SSSR count). The molecule has 4 heteroatoms. The van der Waals surface area contributed by atoms with Gasteiger partial charge in [-0.25, -0.2) is 4.79 Å². The van der Waals surface area contributed by atoms with Crippen LogP contribution in [0.25, 0.3) is 0 Å². The highest BCUT2D eigenvalue weighted by Gasteiger charge is 2.11. The zero-order valence-electron chi connectivity index (χ0n) is 11.1. The molecule has 0 aliphatic carbocycles. The Balaban J connectivity index is 2.04. The molecule has 0 aromatic heterocycles. The van der Waals surface area contributed by atoms with Crippen molar-refractivity contribution < 1.29 is 15.0 Å². The van der Waals surface area contributed by atoms with Crippen LogP contribution in [0.1, 0.15) is 27.6 Å². The third-order valence-corrected chi connectivity index (χ3v) is 4.10. The molecule has 104 valence electrons. The fourth-order valence-electron chi connectivity index (χ4n) is 1.87. The minimum atomic E-state index is -0.923. The molecule has 0 saturated heterocycles. The van der Waals surface area contributed by atoms with Gasteiger partial charge in [0.25, 0.3) is 0 Å². The molecule has 0 bridgehead atoms. The van der Waals surface area contributed by atoms with Gasteiger partial charge in [-0.05, 0) is 30.2 Å². The van der Waals surface area contributed by atoms with Gasteiger partial charge in [-0.3, -0.25) is 0 Å². The van der Waals surface area contributed by atoms with E-state index in [0.29, 0.717) is 11.3 Å². The van der Waals surface area contributed by atoms with E-state index in [9.17, 15) is 9.90 Å². The van der Waals surface area contributed by atoms with E-state index in [1.54, 1.807) is 19.1 Å². The number of hydrogen-bond donors (Lipinski definition) is 2. The number of aryl methyl sites for hydroxylation is 1. The first-order chi connectivity index (χ1) is 9.58. The molecule has 0 radical (unpaired) electrons. The van der Waals surface area contributed by atoms with Crippen molar-refractivity contribution in [2.24, 2.45) is 0 Å². The van der Waals surface area contributed by atoms with Gasteiger partial charge >= 0.3 is 5.97 Å². The molecule has 2 N–H and O–H groups in total. The molecule has 0 heterocycles. The maximum atomic E-state index is 11.1. The van der Waals surface area contributed by atoms with E-state index < -0.39 is 12.1 Å². The summed E-state index contributed by atoms with van der Waals surface area (Å²) in [5.74, 6) is -0.430. The number of aliphatic hydroxyl groups is 1. The number of carboxylic acids is 1. The lowest BCUT2D eigenvalue weighted by atomic mass is 10.1. The van der Waals surface area contributed by atoms with Crippen LogP contribution in [-0.4, -0.2) is 21.9 Å². The van der Waals surface area contributed by atoms with Gasteiger partial charge in [0.1, 0.15) is 0 Å². The standard InChI is InChI=1S/C16H16O3S/c1-11-7-8-13(9-14(11)16(18)19)20-10-15(17)12-5-3-2-4-6-12/h2-9,15,17H,10H2,1H3,(H,18,19). The van der Waals surface area contributed by atoms with Gasteiger partial charge in [-0.1, -0.05) is 36.4 Å². The third-order valence-electron chi connectivity index (χ3n) is 3.03. The van der Waals surface area contributed by atoms with Gasteiger partial charge in [-0.15, -0.1) is 11.8 Å². The number of aromatic carboxylic acids is 1. The number of aliphatic hydroxyl groups excluding tert-OH is 1. The summed E-state index contributed by atoms with van der Waals surface area (Å²) < 4.78 is 0. The van der Waals surface area contributed by atoms with Crippen LogP contribution in [0.4, 0.5) is 0 Å². The first-order valence-corrected chi connectivity index (χ1v) is 7.26. The van der Waals surface area contributed by atoms with Crippen molar-refractivity contribution in [2.75, 3.05) is 5.75 Å². The summed E-state index contributed by atoms with van der Waals surface area (Å²) in [6.07, 6.45) is -0.559. The Morgan fingerprint density at radius 3 is 2.55 bits per heavy atom. The summed E-state index contributed by atoms with van der Waals surface area (Å²) in [6, 6.07) is 14.8. The van der Waals surface area contributed by atoms with Crippen molar-refractivity contribution >= 4 is 17.7 Å². The van der Waals surface area contributed by atoms with Crippen LogP contribution < -0.4 is 0 Å². The van der Waals surface area contributed by atoms with Gasteiger partial charge in [0.2, 0.25) is 0 Å². The van der Waals surface area contributed by atoms with Crippen LogP contribution in [0.2, 0.25) is 0 Å². The number of thioether (sulfide) groups is 1. The van der Waals surface area contributed by atoms with Gasteiger partial charge in [-0.2, -0.15) is 0 Å². The predicted molar refractivity (Wildman–Crippen MR) is 80.3 cm³/mol. The molecule has 20 heavy (non-hydrogen) atoms. The number of benzene rings is 2. The Kier molecular flexibility index (Phi) is 4.82. The Hall–Kier alpha value is -1.78. The van der Waals surface area contributed by atoms with Crippen LogP contribution in [-0.2, 0) is 0 Å². The SMILES string of the molecule is Cc1ccc(SCC(O)c2ccccc2)cc1C(=O)O. The monoisotopic (exact) mass is 288 g/mol. The van der Waals surface area contributed by atoms with E-state index in [1.165, 1.54) is 11.8 Å². The second-order valence-corrected chi connectivity index (χ2v) is 5.61. The second kappa shape index (κ2) is 6.59. The average Bonchev–Trinajstić information content (AvgIpc) is 2.46. The first-order valence-electron chi connectivity index (χ1n) is 6.27. The van der Waals surface area contributed by atoms with Crippen LogP contribution in [0.3, 0.4) is 0 Å². The maximum Gasteiger partial charge on any atom is 0.335 e. The van der Waals surface area contributed by atoms with Crippen molar-refractivity contribution in [3.05, 3.63) is 65.2 Å². The van der Waals surface area contributed by atoms with Gasteiger partial charge in [0.15, 0.2) is 0 Å². The number of hydrogen-bond acceptors (Lipinski definition) is 3. The molecule has 0 amide bonds. The van der Waals surface area contributed by atoms with E-state index in [1.807, 2.05) is 36.4 Å².